The molecule has 1 aromatic heterocycles. The number of halogens is 1. The second-order valence-electron chi connectivity index (χ2n) is 3.11. The van der Waals surface area contributed by atoms with E-state index in [0.29, 0.717) is 24.6 Å². The lowest BCUT2D eigenvalue weighted by atomic mass is 10.4. The highest BCUT2D eigenvalue weighted by Gasteiger charge is 2.29. The summed E-state index contributed by atoms with van der Waals surface area (Å²) in [6.07, 6.45) is 1.86. The van der Waals surface area contributed by atoms with Crippen molar-refractivity contribution in [3.8, 4) is 0 Å². The number of nitrogens with two attached hydrogens (primary N) is 1. The second kappa shape index (κ2) is 3.53. The number of amides is 1. The van der Waals surface area contributed by atoms with Gasteiger partial charge in [0.15, 0.2) is 0 Å². The number of hydrogen-bond donors (Lipinski definition) is 1. The number of nitrogen functional groups attached to an aromatic ring is 1. The summed E-state index contributed by atoms with van der Waals surface area (Å²) in [6.45, 7) is 0.634. The first-order chi connectivity index (χ1) is 6.66. The van der Waals surface area contributed by atoms with Gasteiger partial charge in [0.2, 0.25) is 5.91 Å². The van der Waals surface area contributed by atoms with Gasteiger partial charge < -0.3 is 5.73 Å². The third-order valence-electron chi connectivity index (χ3n) is 2.03. The van der Waals surface area contributed by atoms with Gasteiger partial charge in [-0.1, -0.05) is 15.9 Å². The van der Waals surface area contributed by atoms with Gasteiger partial charge in [-0.3, -0.25) is 9.69 Å². The average molecular weight is 257 g/mol. The fourth-order valence-corrected chi connectivity index (χ4v) is 1.96. The summed E-state index contributed by atoms with van der Waals surface area (Å²) in [7, 11) is 0. The van der Waals surface area contributed by atoms with Crippen LogP contribution in [0.2, 0.25) is 0 Å². The third kappa shape index (κ3) is 1.70. The number of alkyl halides is 1. The van der Waals surface area contributed by atoms with Gasteiger partial charge in [-0.15, -0.1) is 0 Å². The first-order valence-corrected chi connectivity index (χ1v) is 5.10. The van der Waals surface area contributed by atoms with Crippen molar-refractivity contribution in [2.75, 3.05) is 17.2 Å². The molecule has 2 N–H and O–H groups in total. The number of hydrogen-bond acceptors (Lipinski definition) is 4. The molecule has 0 aliphatic carbocycles. The van der Waals surface area contributed by atoms with Crippen LogP contribution >= 0.6 is 15.9 Å². The van der Waals surface area contributed by atoms with Crippen molar-refractivity contribution in [2.45, 2.75) is 11.2 Å². The molecule has 74 valence electrons. The Morgan fingerprint density at radius 2 is 2.36 bits per heavy atom. The van der Waals surface area contributed by atoms with Crippen molar-refractivity contribution < 1.29 is 4.79 Å². The predicted molar refractivity (Wildman–Crippen MR) is 56.1 cm³/mol. The van der Waals surface area contributed by atoms with Crippen LogP contribution in [0.5, 0.6) is 0 Å². The Bertz CT molecular complexity index is 370. The molecule has 0 radical (unpaired) electrons. The van der Waals surface area contributed by atoms with Crippen LogP contribution in [0.25, 0.3) is 0 Å². The van der Waals surface area contributed by atoms with Crippen molar-refractivity contribution >= 4 is 33.5 Å². The van der Waals surface area contributed by atoms with Crippen LogP contribution in [0.3, 0.4) is 0 Å². The molecular formula is C8H9BrN4O. The van der Waals surface area contributed by atoms with Crippen molar-refractivity contribution in [1.82, 2.24) is 9.97 Å². The minimum atomic E-state index is 0.0602. The Labute approximate surface area is 89.5 Å². The summed E-state index contributed by atoms with van der Waals surface area (Å²) in [5, 5.41) is 0. The van der Waals surface area contributed by atoms with Crippen LogP contribution in [0, 0.1) is 0 Å². The van der Waals surface area contributed by atoms with Gasteiger partial charge in [-0.05, 0) is 0 Å². The maximum Gasteiger partial charge on any atom is 0.229 e. The van der Waals surface area contributed by atoms with Crippen molar-refractivity contribution in [1.29, 1.82) is 0 Å². The molecule has 1 fully saturated rings. The topological polar surface area (TPSA) is 72.1 Å². The number of carbonyl (C=O) groups is 1. The normalized spacial score (nSPS) is 21.6. The van der Waals surface area contributed by atoms with Crippen molar-refractivity contribution in [2.24, 2.45) is 0 Å². The molecule has 5 nitrogen and oxygen atoms in total. The zero-order valence-electron chi connectivity index (χ0n) is 7.35. The van der Waals surface area contributed by atoms with E-state index in [0.717, 1.165) is 0 Å². The Hall–Kier alpha value is -1.17. The second-order valence-corrected chi connectivity index (χ2v) is 4.40. The highest BCUT2D eigenvalue weighted by atomic mass is 79.9. The van der Waals surface area contributed by atoms with Gasteiger partial charge in [0.25, 0.3) is 0 Å². The fraction of sp³-hybridized carbons (Fsp3) is 0.375. The Morgan fingerprint density at radius 1 is 1.57 bits per heavy atom. The van der Waals surface area contributed by atoms with Crippen LogP contribution in [-0.2, 0) is 4.79 Å². The van der Waals surface area contributed by atoms with E-state index in [1.54, 1.807) is 11.0 Å². The SMILES string of the molecule is Nc1cc(N2CC(Br)CC2=O)ncn1. The Balaban J connectivity index is 2.27. The molecule has 0 aromatic carbocycles. The molecular weight excluding hydrogens is 248 g/mol. The van der Waals surface area contributed by atoms with E-state index >= 15 is 0 Å². The van der Waals surface area contributed by atoms with Gasteiger partial charge >= 0.3 is 0 Å². The molecule has 1 amide bonds. The smallest absolute Gasteiger partial charge is 0.229 e. The predicted octanol–water partition coefficient (Wildman–Crippen LogP) is 0.559. The number of aromatic nitrogens is 2. The lowest BCUT2D eigenvalue weighted by molar-refractivity contribution is -0.117. The molecule has 0 saturated carbocycles. The average Bonchev–Trinajstić information content (AvgIpc) is 2.45. The van der Waals surface area contributed by atoms with Crippen molar-refractivity contribution in [3.63, 3.8) is 0 Å². The molecule has 0 bridgehead atoms. The fourth-order valence-electron chi connectivity index (χ4n) is 1.39. The van der Waals surface area contributed by atoms with E-state index in [4.69, 9.17) is 5.73 Å². The Kier molecular flexibility index (Phi) is 2.37. The van der Waals surface area contributed by atoms with E-state index in [1.165, 1.54) is 6.33 Å². The van der Waals surface area contributed by atoms with Crippen LogP contribution in [0.4, 0.5) is 11.6 Å². The first kappa shape index (κ1) is 9.39. The summed E-state index contributed by atoms with van der Waals surface area (Å²) in [4.78, 5) is 21.1. The minimum Gasteiger partial charge on any atom is -0.384 e. The number of nitrogens with zero attached hydrogens (tertiary/aromatic N) is 3. The van der Waals surface area contributed by atoms with Crippen LogP contribution in [0.1, 0.15) is 6.42 Å². The highest BCUT2D eigenvalue weighted by molar-refractivity contribution is 9.09. The molecule has 1 aliphatic rings. The van der Waals surface area contributed by atoms with Gasteiger partial charge in [0, 0.05) is 23.9 Å². The lowest BCUT2D eigenvalue weighted by Gasteiger charge is -2.14. The van der Waals surface area contributed by atoms with Crippen LogP contribution < -0.4 is 10.6 Å². The molecule has 14 heavy (non-hydrogen) atoms. The molecule has 1 atom stereocenters. The standard InChI is InChI=1S/C8H9BrN4O/c9-5-1-8(14)13(3-5)7-2-6(10)11-4-12-7/h2,4-5H,1,3H2,(H2,10,11,12). The zero-order chi connectivity index (χ0) is 10.1. The summed E-state index contributed by atoms with van der Waals surface area (Å²) in [5.41, 5.74) is 5.51. The van der Waals surface area contributed by atoms with E-state index in [9.17, 15) is 4.79 Å². The maximum absolute atomic E-state index is 11.5. The molecule has 1 unspecified atom stereocenters. The summed E-state index contributed by atoms with van der Waals surface area (Å²) in [6, 6.07) is 1.60. The van der Waals surface area contributed by atoms with Gasteiger partial charge in [0.1, 0.15) is 18.0 Å². The first-order valence-electron chi connectivity index (χ1n) is 4.19. The van der Waals surface area contributed by atoms with E-state index in [1.807, 2.05) is 0 Å². The Morgan fingerprint density at radius 3 is 2.93 bits per heavy atom. The largest absolute Gasteiger partial charge is 0.384 e. The zero-order valence-corrected chi connectivity index (χ0v) is 8.94. The van der Waals surface area contributed by atoms with E-state index in [-0.39, 0.29) is 10.7 Å². The molecule has 1 aliphatic heterocycles. The molecule has 0 spiro atoms. The lowest BCUT2D eigenvalue weighted by Crippen LogP contribution is -2.25. The van der Waals surface area contributed by atoms with E-state index in [2.05, 4.69) is 25.9 Å². The van der Waals surface area contributed by atoms with Gasteiger partial charge in [-0.25, -0.2) is 9.97 Å². The number of carbonyl (C=O) groups excluding carboxylic acids is 1. The van der Waals surface area contributed by atoms with Crippen LogP contribution in [0.15, 0.2) is 12.4 Å². The molecule has 6 heteroatoms. The van der Waals surface area contributed by atoms with Gasteiger partial charge in [-0.2, -0.15) is 0 Å². The van der Waals surface area contributed by atoms with Crippen LogP contribution in [-0.4, -0.2) is 27.2 Å². The van der Waals surface area contributed by atoms with E-state index < -0.39 is 0 Å². The molecule has 2 heterocycles. The maximum atomic E-state index is 11.5. The summed E-state index contributed by atoms with van der Waals surface area (Å²) in [5.74, 6) is 1.01. The minimum absolute atomic E-state index is 0.0602. The highest BCUT2D eigenvalue weighted by Crippen LogP contribution is 2.23. The summed E-state index contributed by atoms with van der Waals surface area (Å²) >= 11 is 3.40. The number of anilines is 2. The van der Waals surface area contributed by atoms with Crippen molar-refractivity contribution in [3.05, 3.63) is 12.4 Å². The molecule has 1 saturated heterocycles. The summed E-state index contributed by atoms with van der Waals surface area (Å²) < 4.78 is 0. The van der Waals surface area contributed by atoms with Gasteiger partial charge in [0.05, 0.1) is 0 Å². The molecule has 2 rings (SSSR count). The number of rotatable bonds is 1. The quantitative estimate of drug-likeness (QED) is 0.746. The third-order valence-corrected chi connectivity index (χ3v) is 2.64. The molecule has 1 aromatic rings. The monoisotopic (exact) mass is 256 g/mol.